The molecule has 0 heterocycles. The number of methoxy groups -OCH3 is 2. The summed E-state index contributed by atoms with van der Waals surface area (Å²) in [4.78, 5) is 27.3. The van der Waals surface area contributed by atoms with Crippen molar-refractivity contribution in [1.29, 1.82) is 0 Å². The Morgan fingerprint density at radius 2 is 1.73 bits per heavy atom. The Morgan fingerprint density at radius 1 is 1.00 bits per heavy atom. The quantitative estimate of drug-likeness (QED) is 0.612. The summed E-state index contributed by atoms with van der Waals surface area (Å²) in [5.41, 5.74) is 0.864. The monoisotopic (exact) mass is 414 g/mol. The predicted molar refractivity (Wildman–Crippen MR) is 115 cm³/mol. The predicted octanol–water partition coefficient (Wildman–Crippen LogP) is 3.03. The summed E-state index contributed by atoms with van der Waals surface area (Å²) in [5, 5.41) is 2.81. The van der Waals surface area contributed by atoms with Crippen LogP contribution in [0.2, 0.25) is 0 Å². The minimum atomic E-state index is -0.607. The lowest BCUT2D eigenvalue weighted by atomic mass is 10.1. The van der Waals surface area contributed by atoms with E-state index in [-0.39, 0.29) is 25.0 Å². The highest BCUT2D eigenvalue weighted by Gasteiger charge is 2.28. The fourth-order valence-electron chi connectivity index (χ4n) is 3.14. The van der Waals surface area contributed by atoms with E-state index in [1.807, 2.05) is 44.2 Å². The molecule has 0 saturated carbocycles. The fourth-order valence-corrected chi connectivity index (χ4v) is 3.14. The molecule has 0 unspecified atom stereocenters. The highest BCUT2D eigenvalue weighted by Crippen LogP contribution is 2.26. The third-order valence-electron chi connectivity index (χ3n) is 4.64. The van der Waals surface area contributed by atoms with Crippen LogP contribution in [0.25, 0.3) is 0 Å². The number of amides is 2. The molecule has 0 saturated heterocycles. The van der Waals surface area contributed by atoms with Crippen molar-refractivity contribution in [3.63, 3.8) is 0 Å². The molecule has 0 aliphatic rings. The zero-order valence-corrected chi connectivity index (χ0v) is 18.0. The zero-order valence-electron chi connectivity index (χ0n) is 18.0. The molecule has 2 aromatic carbocycles. The van der Waals surface area contributed by atoms with Crippen LogP contribution in [0.5, 0.6) is 17.2 Å². The van der Waals surface area contributed by atoms with Crippen molar-refractivity contribution in [2.45, 2.75) is 32.9 Å². The number of hydrogen-bond donors (Lipinski definition) is 1. The number of para-hydroxylation sites is 2. The number of rotatable bonds is 11. The van der Waals surface area contributed by atoms with Gasteiger partial charge < -0.3 is 24.4 Å². The number of ether oxygens (including phenoxy) is 3. The lowest BCUT2D eigenvalue weighted by Crippen LogP contribution is -2.50. The number of nitrogens with one attached hydrogen (secondary N) is 1. The van der Waals surface area contributed by atoms with Gasteiger partial charge in [-0.2, -0.15) is 0 Å². The second kappa shape index (κ2) is 11.7. The van der Waals surface area contributed by atoms with Crippen LogP contribution < -0.4 is 19.5 Å². The Balaban J connectivity index is 2.24. The maximum atomic E-state index is 13.1. The van der Waals surface area contributed by atoms with Crippen molar-refractivity contribution in [3.8, 4) is 17.2 Å². The molecule has 0 radical (unpaired) electrons. The second-order valence-electron chi connectivity index (χ2n) is 6.63. The molecule has 1 N–H and O–H groups in total. The Labute approximate surface area is 177 Å². The molecule has 2 aromatic rings. The van der Waals surface area contributed by atoms with E-state index in [9.17, 15) is 9.59 Å². The third kappa shape index (κ3) is 6.14. The summed E-state index contributed by atoms with van der Waals surface area (Å²) in [6.45, 7) is 4.28. The van der Waals surface area contributed by atoms with Crippen LogP contribution in [-0.2, 0) is 16.1 Å². The summed E-state index contributed by atoms with van der Waals surface area (Å²) in [6.07, 6.45) is 0.482. The van der Waals surface area contributed by atoms with Crippen molar-refractivity contribution in [1.82, 2.24) is 10.2 Å². The summed E-state index contributed by atoms with van der Waals surface area (Å²) in [7, 11) is 3.13. The average molecular weight is 415 g/mol. The first-order valence-corrected chi connectivity index (χ1v) is 9.99. The van der Waals surface area contributed by atoms with E-state index in [1.54, 1.807) is 37.3 Å². The molecule has 0 bridgehead atoms. The summed E-state index contributed by atoms with van der Waals surface area (Å²) < 4.78 is 16.3. The minimum Gasteiger partial charge on any atom is -0.497 e. The third-order valence-corrected chi connectivity index (χ3v) is 4.64. The highest BCUT2D eigenvalue weighted by atomic mass is 16.5. The molecule has 30 heavy (non-hydrogen) atoms. The lowest BCUT2D eigenvalue weighted by Gasteiger charge is -2.30. The molecule has 7 heteroatoms. The maximum Gasteiger partial charge on any atom is 0.261 e. The maximum absolute atomic E-state index is 13.1. The molecule has 0 spiro atoms. The van der Waals surface area contributed by atoms with Gasteiger partial charge in [0.05, 0.1) is 14.2 Å². The van der Waals surface area contributed by atoms with Gasteiger partial charge >= 0.3 is 0 Å². The molecule has 162 valence electrons. The van der Waals surface area contributed by atoms with Crippen LogP contribution in [-0.4, -0.2) is 50.1 Å². The fraction of sp³-hybridized carbons (Fsp3) is 0.391. The van der Waals surface area contributed by atoms with Gasteiger partial charge in [0.1, 0.15) is 11.8 Å². The Morgan fingerprint density at radius 3 is 2.37 bits per heavy atom. The number of carbonyl (C=O) groups excluding carboxylic acids is 2. The average Bonchev–Trinajstić information content (AvgIpc) is 2.77. The highest BCUT2D eigenvalue weighted by molar-refractivity contribution is 5.88. The molecular formula is C23H30N2O5. The van der Waals surface area contributed by atoms with E-state index in [1.165, 1.54) is 0 Å². The Kier molecular flexibility index (Phi) is 9.00. The number of likely N-dealkylation sites (N-methyl/N-ethyl adjacent to an activating group) is 1. The van der Waals surface area contributed by atoms with Crippen LogP contribution in [0.1, 0.15) is 25.8 Å². The SMILES string of the molecule is CCNC(=O)[C@@H](CC)N(Cc1cccc(OC)c1)C(=O)COc1ccccc1OC. The van der Waals surface area contributed by atoms with Gasteiger partial charge in [-0.1, -0.05) is 31.2 Å². The van der Waals surface area contributed by atoms with Gasteiger partial charge in [-0.3, -0.25) is 9.59 Å². The van der Waals surface area contributed by atoms with E-state index in [0.717, 1.165) is 5.56 Å². The van der Waals surface area contributed by atoms with E-state index in [0.29, 0.717) is 30.2 Å². The smallest absolute Gasteiger partial charge is 0.261 e. The van der Waals surface area contributed by atoms with Crippen molar-refractivity contribution in [2.24, 2.45) is 0 Å². The Bertz CT molecular complexity index is 840. The molecule has 1 atom stereocenters. The summed E-state index contributed by atoms with van der Waals surface area (Å²) >= 11 is 0. The van der Waals surface area contributed by atoms with Crippen molar-refractivity contribution >= 4 is 11.8 Å². The minimum absolute atomic E-state index is 0.187. The Hall–Kier alpha value is -3.22. The second-order valence-corrected chi connectivity index (χ2v) is 6.63. The van der Waals surface area contributed by atoms with E-state index >= 15 is 0 Å². The number of carbonyl (C=O) groups is 2. The number of nitrogens with zero attached hydrogens (tertiary/aromatic N) is 1. The van der Waals surface area contributed by atoms with Crippen LogP contribution in [0, 0.1) is 0 Å². The van der Waals surface area contributed by atoms with Crippen molar-refractivity contribution in [2.75, 3.05) is 27.4 Å². The standard InChI is InChI=1S/C23H30N2O5/c1-5-19(23(27)24-6-2)25(15-17-10-9-11-18(14-17)28-3)22(26)16-30-21-13-8-7-12-20(21)29-4/h7-14,19H,5-6,15-16H2,1-4H3,(H,24,27)/t19-/m1/s1. The van der Waals surface area contributed by atoms with E-state index in [2.05, 4.69) is 5.32 Å². The topological polar surface area (TPSA) is 77.1 Å². The van der Waals surface area contributed by atoms with E-state index < -0.39 is 6.04 Å². The van der Waals surface area contributed by atoms with Crippen LogP contribution in [0.3, 0.4) is 0 Å². The van der Waals surface area contributed by atoms with Gasteiger partial charge in [0, 0.05) is 13.1 Å². The van der Waals surface area contributed by atoms with Crippen LogP contribution >= 0.6 is 0 Å². The molecule has 0 fully saturated rings. The lowest BCUT2D eigenvalue weighted by molar-refractivity contribution is -0.142. The molecule has 2 amide bonds. The first-order valence-electron chi connectivity index (χ1n) is 9.99. The number of benzene rings is 2. The van der Waals surface area contributed by atoms with Gasteiger partial charge in [-0.05, 0) is 43.2 Å². The zero-order chi connectivity index (χ0) is 21.9. The van der Waals surface area contributed by atoms with Gasteiger partial charge in [0.2, 0.25) is 5.91 Å². The normalized spacial score (nSPS) is 11.3. The summed E-state index contributed by atoms with van der Waals surface area (Å²) in [6, 6.07) is 14.0. The van der Waals surface area contributed by atoms with E-state index in [4.69, 9.17) is 14.2 Å². The van der Waals surface area contributed by atoms with Gasteiger partial charge in [-0.15, -0.1) is 0 Å². The number of hydrogen-bond acceptors (Lipinski definition) is 5. The summed E-state index contributed by atoms with van der Waals surface area (Å²) in [5.74, 6) is 1.23. The molecule has 2 rings (SSSR count). The van der Waals surface area contributed by atoms with Gasteiger partial charge in [0.15, 0.2) is 18.1 Å². The molecular weight excluding hydrogens is 384 g/mol. The largest absolute Gasteiger partial charge is 0.497 e. The van der Waals surface area contributed by atoms with Crippen LogP contribution in [0.15, 0.2) is 48.5 Å². The van der Waals surface area contributed by atoms with Gasteiger partial charge in [0.25, 0.3) is 5.91 Å². The van der Waals surface area contributed by atoms with Crippen molar-refractivity contribution in [3.05, 3.63) is 54.1 Å². The molecule has 0 aliphatic carbocycles. The van der Waals surface area contributed by atoms with Crippen molar-refractivity contribution < 1.29 is 23.8 Å². The molecule has 0 aliphatic heterocycles. The van der Waals surface area contributed by atoms with Crippen LogP contribution in [0.4, 0.5) is 0 Å². The van der Waals surface area contributed by atoms with Gasteiger partial charge in [-0.25, -0.2) is 0 Å². The molecule has 0 aromatic heterocycles. The first-order chi connectivity index (χ1) is 14.5. The first kappa shape index (κ1) is 23.1. The molecule has 7 nitrogen and oxygen atoms in total.